The van der Waals surface area contributed by atoms with E-state index in [0.717, 1.165) is 33.3 Å². The van der Waals surface area contributed by atoms with Gasteiger partial charge in [-0.05, 0) is 34.9 Å². The van der Waals surface area contributed by atoms with Gasteiger partial charge in [-0.25, -0.2) is 9.78 Å². The number of carbonyl (C=O) groups is 1. The topological polar surface area (TPSA) is 82.8 Å². The predicted octanol–water partition coefficient (Wildman–Crippen LogP) is 4.49. The molecule has 2 aliphatic rings. The van der Waals surface area contributed by atoms with E-state index >= 15 is 0 Å². The minimum Gasteiger partial charge on any atom is -0.488 e. The summed E-state index contributed by atoms with van der Waals surface area (Å²) < 4.78 is 19.0. The maximum absolute atomic E-state index is 11.6. The monoisotopic (exact) mass is 426 g/mol. The molecule has 0 saturated heterocycles. The molecule has 32 heavy (non-hydrogen) atoms. The molecule has 1 aromatic heterocycles. The zero-order valence-corrected chi connectivity index (χ0v) is 16.9. The fourth-order valence-corrected chi connectivity index (χ4v) is 4.21. The number of carboxylic acid groups (broad SMARTS) is 1. The zero-order chi connectivity index (χ0) is 21.7. The second kappa shape index (κ2) is 7.16. The van der Waals surface area contributed by atoms with Crippen LogP contribution in [0.25, 0.3) is 16.6 Å². The van der Waals surface area contributed by atoms with Crippen LogP contribution in [0.2, 0.25) is 0 Å². The predicted molar refractivity (Wildman–Crippen MR) is 117 cm³/mol. The lowest BCUT2D eigenvalue weighted by atomic mass is 9.93. The van der Waals surface area contributed by atoms with Crippen molar-refractivity contribution in [3.63, 3.8) is 0 Å². The lowest BCUT2D eigenvalue weighted by Crippen LogP contribution is -2.00. The summed E-state index contributed by atoms with van der Waals surface area (Å²) in [5, 5.41) is 9.52. The van der Waals surface area contributed by atoms with Crippen molar-refractivity contribution in [3.8, 4) is 17.2 Å². The number of fused-ring (bicyclic) bond motifs is 4. The Morgan fingerprint density at radius 3 is 2.72 bits per heavy atom. The summed E-state index contributed by atoms with van der Waals surface area (Å²) in [5.74, 6) is 1.10. The Morgan fingerprint density at radius 1 is 1.00 bits per heavy atom. The molecule has 3 heterocycles. The van der Waals surface area contributed by atoms with Gasteiger partial charge in [-0.3, -0.25) is 0 Å². The number of aromatic carboxylic acids is 1. The second-order valence-corrected chi connectivity index (χ2v) is 7.67. The van der Waals surface area contributed by atoms with Crippen molar-refractivity contribution in [2.45, 2.75) is 13.2 Å². The molecular weight excluding hydrogens is 408 g/mol. The van der Waals surface area contributed by atoms with E-state index < -0.39 is 5.97 Å². The number of hydrogen-bond acceptors (Lipinski definition) is 5. The SMILES string of the molecule is O=C(O)c1ccc2c(c1)/C(=C/Cn1cnc3cc4c(cc31)OCO4)c1ccccc1CO2. The molecule has 7 heteroatoms. The third kappa shape index (κ3) is 2.98. The van der Waals surface area contributed by atoms with Crippen molar-refractivity contribution in [1.82, 2.24) is 9.55 Å². The maximum atomic E-state index is 11.6. The molecule has 0 radical (unpaired) electrons. The fourth-order valence-electron chi connectivity index (χ4n) is 4.21. The largest absolute Gasteiger partial charge is 0.488 e. The molecule has 3 aromatic carbocycles. The van der Waals surface area contributed by atoms with Crippen LogP contribution in [0.4, 0.5) is 0 Å². The van der Waals surface area contributed by atoms with Crippen LogP contribution in [0.15, 0.2) is 67.0 Å². The Labute approximate surface area is 183 Å². The molecule has 2 aliphatic heterocycles. The Morgan fingerprint density at radius 2 is 1.84 bits per heavy atom. The van der Waals surface area contributed by atoms with Crippen LogP contribution in [0.1, 0.15) is 27.0 Å². The molecule has 6 rings (SSSR count). The standard InChI is InChI=1S/C25H18N2O5/c28-25(29)15-5-6-22-19(9-15)18(17-4-2-1-3-16(17)12-30-22)7-8-27-13-26-20-10-23-24(11-21(20)27)32-14-31-23/h1-7,9-11,13H,8,12,14H2,(H,28,29)/b18-7+. The van der Waals surface area contributed by atoms with Crippen LogP contribution in [-0.4, -0.2) is 27.4 Å². The van der Waals surface area contributed by atoms with E-state index in [-0.39, 0.29) is 12.4 Å². The average molecular weight is 426 g/mol. The summed E-state index contributed by atoms with van der Waals surface area (Å²) in [6.45, 7) is 1.17. The normalized spacial score (nSPS) is 15.2. The number of rotatable bonds is 3. The van der Waals surface area contributed by atoms with Gasteiger partial charge in [0, 0.05) is 24.2 Å². The molecule has 0 amide bonds. The number of aromatic nitrogens is 2. The number of imidazole rings is 1. The molecule has 0 fully saturated rings. The minimum atomic E-state index is -0.971. The average Bonchev–Trinajstić information content (AvgIpc) is 3.39. The summed E-state index contributed by atoms with van der Waals surface area (Å²) in [6, 6.07) is 16.8. The Balaban J connectivity index is 1.48. The fraction of sp³-hybridized carbons (Fsp3) is 0.120. The van der Waals surface area contributed by atoms with Crippen molar-refractivity contribution in [1.29, 1.82) is 0 Å². The van der Waals surface area contributed by atoms with Crippen molar-refractivity contribution in [2.75, 3.05) is 6.79 Å². The molecule has 1 N–H and O–H groups in total. The van der Waals surface area contributed by atoms with E-state index in [4.69, 9.17) is 14.2 Å². The number of ether oxygens (including phenoxy) is 3. The summed E-state index contributed by atoms with van der Waals surface area (Å²) in [6.07, 6.45) is 3.87. The van der Waals surface area contributed by atoms with E-state index in [0.29, 0.717) is 30.4 Å². The van der Waals surface area contributed by atoms with Gasteiger partial charge in [-0.2, -0.15) is 0 Å². The number of benzene rings is 3. The van der Waals surface area contributed by atoms with Gasteiger partial charge in [0.15, 0.2) is 11.5 Å². The van der Waals surface area contributed by atoms with Crippen LogP contribution in [0.3, 0.4) is 0 Å². The van der Waals surface area contributed by atoms with Crippen LogP contribution in [0, 0.1) is 0 Å². The summed E-state index contributed by atoms with van der Waals surface area (Å²) in [4.78, 5) is 16.1. The summed E-state index contributed by atoms with van der Waals surface area (Å²) in [5.41, 5.74) is 5.74. The van der Waals surface area contributed by atoms with Gasteiger partial charge in [0.05, 0.1) is 22.9 Å². The van der Waals surface area contributed by atoms with E-state index in [2.05, 4.69) is 11.1 Å². The third-order valence-corrected chi connectivity index (χ3v) is 5.81. The Bertz CT molecular complexity index is 1420. The van der Waals surface area contributed by atoms with Gasteiger partial charge >= 0.3 is 5.97 Å². The maximum Gasteiger partial charge on any atom is 0.335 e. The van der Waals surface area contributed by atoms with E-state index in [9.17, 15) is 9.90 Å². The van der Waals surface area contributed by atoms with Crippen LogP contribution < -0.4 is 14.2 Å². The first kappa shape index (κ1) is 18.5. The molecule has 0 aliphatic carbocycles. The van der Waals surface area contributed by atoms with E-state index in [1.54, 1.807) is 24.5 Å². The molecule has 0 bridgehead atoms. The third-order valence-electron chi connectivity index (χ3n) is 5.81. The van der Waals surface area contributed by atoms with Gasteiger partial charge in [0.25, 0.3) is 0 Å². The Hall–Kier alpha value is -4.26. The number of carboxylic acids is 1. The van der Waals surface area contributed by atoms with Gasteiger partial charge in [0.2, 0.25) is 6.79 Å². The summed E-state index contributed by atoms with van der Waals surface area (Å²) >= 11 is 0. The second-order valence-electron chi connectivity index (χ2n) is 7.67. The van der Waals surface area contributed by atoms with Crippen molar-refractivity contribution < 1.29 is 24.1 Å². The van der Waals surface area contributed by atoms with Crippen LogP contribution in [-0.2, 0) is 13.2 Å². The molecule has 4 aromatic rings. The highest BCUT2D eigenvalue weighted by molar-refractivity contribution is 5.92. The highest BCUT2D eigenvalue weighted by Gasteiger charge is 2.21. The first-order chi connectivity index (χ1) is 15.7. The number of nitrogens with zero attached hydrogens (tertiary/aromatic N) is 2. The van der Waals surface area contributed by atoms with Crippen molar-refractivity contribution in [2.24, 2.45) is 0 Å². The van der Waals surface area contributed by atoms with E-state index in [1.807, 2.05) is 41.0 Å². The smallest absolute Gasteiger partial charge is 0.335 e. The van der Waals surface area contributed by atoms with Crippen molar-refractivity contribution in [3.05, 3.63) is 89.3 Å². The van der Waals surface area contributed by atoms with Crippen LogP contribution >= 0.6 is 0 Å². The molecular formula is C25H18N2O5. The first-order valence-corrected chi connectivity index (χ1v) is 10.2. The lowest BCUT2D eigenvalue weighted by Gasteiger charge is -2.12. The molecule has 0 atom stereocenters. The van der Waals surface area contributed by atoms with Crippen LogP contribution in [0.5, 0.6) is 17.2 Å². The van der Waals surface area contributed by atoms with Gasteiger partial charge < -0.3 is 23.9 Å². The van der Waals surface area contributed by atoms with Gasteiger partial charge in [-0.1, -0.05) is 30.3 Å². The van der Waals surface area contributed by atoms with Gasteiger partial charge in [0.1, 0.15) is 12.4 Å². The molecule has 0 saturated carbocycles. The highest BCUT2D eigenvalue weighted by Crippen LogP contribution is 2.38. The molecule has 0 unspecified atom stereocenters. The van der Waals surface area contributed by atoms with Gasteiger partial charge in [-0.15, -0.1) is 0 Å². The van der Waals surface area contributed by atoms with Crippen molar-refractivity contribution >= 4 is 22.6 Å². The molecule has 158 valence electrons. The zero-order valence-electron chi connectivity index (χ0n) is 16.9. The quantitative estimate of drug-likeness (QED) is 0.520. The first-order valence-electron chi connectivity index (χ1n) is 10.2. The minimum absolute atomic E-state index is 0.214. The van der Waals surface area contributed by atoms with E-state index in [1.165, 1.54) is 0 Å². The lowest BCUT2D eigenvalue weighted by molar-refractivity contribution is 0.0696. The molecule has 0 spiro atoms. The number of hydrogen-bond donors (Lipinski definition) is 1. The highest BCUT2D eigenvalue weighted by atomic mass is 16.7. The number of allylic oxidation sites excluding steroid dienone is 1. The molecule has 7 nitrogen and oxygen atoms in total. The Kier molecular flexibility index (Phi) is 4.14. The summed E-state index contributed by atoms with van der Waals surface area (Å²) in [7, 11) is 0.